The number of aromatic nitrogens is 1. The average molecular weight is 176 g/mol. The van der Waals surface area contributed by atoms with Crippen LogP contribution in [-0.2, 0) is 0 Å². The van der Waals surface area contributed by atoms with Crippen LogP contribution in [0.25, 0.3) is 0 Å². The first-order valence-electron chi connectivity index (χ1n) is 5.01. The molecule has 1 aliphatic rings. The summed E-state index contributed by atoms with van der Waals surface area (Å²) < 4.78 is 0. The van der Waals surface area contributed by atoms with E-state index in [0.29, 0.717) is 0 Å². The van der Waals surface area contributed by atoms with E-state index in [1.165, 1.54) is 12.8 Å². The van der Waals surface area contributed by atoms with Crippen LogP contribution in [0, 0.1) is 11.8 Å². The lowest BCUT2D eigenvalue weighted by Crippen LogP contribution is -2.29. The molecule has 1 fully saturated rings. The van der Waals surface area contributed by atoms with Gasteiger partial charge in [-0.15, -0.1) is 0 Å². The minimum Gasteiger partial charge on any atom is -0.370 e. The molecule has 2 heteroatoms. The van der Waals surface area contributed by atoms with Crippen LogP contribution in [0.1, 0.15) is 19.8 Å². The highest BCUT2D eigenvalue weighted by atomic mass is 15.0. The van der Waals surface area contributed by atoms with Gasteiger partial charge in [-0.3, -0.25) is 0 Å². The average Bonchev–Trinajstić information content (AvgIpc) is 2.17. The van der Waals surface area contributed by atoms with Crippen molar-refractivity contribution in [3.05, 3.63) is 24.4 Å². The zero-order chi connectivity index (χ0) is 9.10. The van der Waals surface area contributed by atoms with E-state index in [2.05, 4.69) is 17.2 Å². The predicted octanol–water partition coefficient (Wildman–Crippen LogP) is 2.54. The molecular weight excluding hydrogens is 160 g/mol. The third-order valence-corrected chi connectivity index (χ3v) is 3.01. The van der Waals surface area contributed by atoms with Crippen molar-refractivity contribution < 1.29 is 0 Å². The summed E-state index contributed by atoms with van der Waals surface area (Å²) in [6.07, 6.45) is 4.60. The van der Waals surface area contributed by atoms with Crippen LogP contribution in [0.3, 0.4) is 0 Å². The van der Waals surface area contributed by atoms with Gasteiger partial charge < -0.3 is 5.32 Å². The van der Waals surface area contributed by atoms with Crippen LogP contribution < -0.4 is 5.32 Å². The van der Waals surface area contributed by atoms with Gasteiger partial charge in [-0.1, -0.05) is 19.4 Å². The summed E-state index contributed by atoms with van der Waals surface area (Å²) >= 11 is 0. The highest BCUT2D eigenvalue weighted by Crippen LogP contribution is 2.33. The Hall–Kier alpha value is -1.05. The number of rotatable bonds is 3. The molecule has 0 aromatic carbocycles. The van der Waals surface area contributed by atoms with Crippen LogP contribution in [0.4, 0.5) is 5.82 Å². The molecule has 1 saturated carbocycles. The second kappa shape index (κ2) is 3.77. The van der Waals surface area contributed by atoms with Gasteiger partial charge in [0.15, 0.2) is 0 Å². The summed E-state index contributed by atoms with van der Waals surface area (Å²) in [7, 11) is 0. The van der Waals surface area contributed by atoms with Crippen molar-refractivity contribution in [2.24, 2.45) is 11.8 Å². The smallest absolute Gasteiger partial charge is 0.125 e. The van der Waals surface area contributed by atoms with Gasteiger partial charge in [0.25, 0.3) is 0 Å². The summed E-state index contributed by atoms with van der Waals surface area (Å²) in [4.78, 5) is 4.22. The molecule has 1 aromatic rings. The minimum absolute atomic E-state index is 0.863. The van der Waals surface area contributed by atoms with Crippen molar-refractivity contribution in [2.45, 2.75) is 19.8 Å². The molecular formula is C11H16N2. The first kappa shape index (κ1) is 8.54. The molecule has 0 bridgehead atoms. The van der Waals surface area contributed by atoms with Gasteiger partial charge in [0.2, 0.25) is 0 Å². The quantitative estimate of drug-likeness (QED) is 0.765. The maximum atomic E-state index is 4.22. The standard InChI is InChI=1S/C11H16N2/c1-9-5-6-10(9)8-13-11-4-2-3-7-12-11/h2-4,7,9-10H,5-6,8H2,1H3,(H,12,13)/t9-,10+/m1/s1. The van der Waals surface area contributed by atoms with Crippen LogP contribution >= 0.6 is 0 Å². The fourth-order valence-electron chi connectivity index (χ4n) is 1.74. The molecule has 0 radical (unpaired) electrons. The predicted molar refractivity (Wildman–Crippen MR) is 54.6 cm³/mol. The lowest BCUT2D eigenvalue weighted by atomic mass is 9.75. The largest absolute Gasteiger partial charge is 0.370 e. The molecule has 13 heavy (non-hydrogen) atoms. The fraction of sp³-hybridized carbons (Fsp3) is 0.545. The van der Waals surface area contributed by atoms with E-state index in [1.54, 1.807) is 0 Å². The first-order valence-corrected chi connectivity index (χ1v) is 5.01. The molecule has 70 valence electrons. The van der Waals surface area contributed by atoms with Gasteiger partial charge >= 0.3 is 0 Å². The first-order chi connectivity index (χ1) is 6.36. The molecule has 0 amide bonds. The zero-order valence-electron chi connectivity index (χ0n) is 8.03. The van der Waals surface area contributed by atoms with E-state index in [0.717, 1.165) is 24.2 Å². The van der Waals surface area contributed by atoms with Crippen molar-refractivity contribution in [2.75, 3.05) is 11.9 Å². The maximum Gasteiger partial charge on any atom is 0.125 e. The van der Waals surface area contributed by atoms with Crippen molar-refractivity contribution in [1.82, 2.24) is 4.98 Å². The van der Waals surface area contributed by atoms with Crippen LogP contribution in [0.5, 0.6) is 0 Å². The van der Waals surface area contributed by atoms with Gasteiger partial charge in [0.1, 0.15) is 5.82 Å². The molecule has 1 aliphatic carbocycles. The normalized spacial score (nSPS) is 26.5. The lowest BCUT2D eigenvalue weighted by molar-refractivity contribution is 0.210. The van der Waals surface area contributed by atoms with E-state index in [4.69, 9.17) is 0 Å². The molecule has 2 rings (SSSR count). The van der Waals surface area contributed by atoms with E-state index < -0.39 is 0 Å². The Morgan fingerprint density at radius 1 is 1.46 bits per heavy atom. The number of pyridine rings is 1. The van der Waals surface area contributed by atoms with Crippen molar-refractivity contribution >= 4 is 5.82 Å². The lowest BCUT2D eigenvalue weighted by Gasteiger charge is -2.33. The number of hydrogen-bond donors (Lipinski definition) is 1. The number of nitrogens with zero attached hydrogens (tertiary/aromatic N) is 1. The highest BCUT2D eigenvalue weighted by Gasteiger charge is 2.25. The van der Waals surface area contributed by atoms with Gasteiger partial charge in [0.05, 0.1) is 0 Å². The van der Waals surface area contributed by atoms with E-state index in [9.17, 15) is 0 Å². The maximum absolute atomic E-state index is 4.22. The summed E-state index contributed by atoms with van der Waals surface area (Å²) in [5.74, 6) is 2.76. The molecule has 0 unspecified atom stereocenters. The van der Waals surface area contributed by atoms with Crippen molar-refractivity contribution in [3.63, 3.8) is 0 Å². The molecule has 2 nitrogen and oxygen atoms in total. The Balaban J connectivity index is 1.80. The van der Waals surface area contributed by atoms with Gasteiger partial charge in [-0.05, 0) is 30.4 Å². The number of anilines is 1. The second-order valence-corrected chi connectivity index (χ2v) is 3.91. The Kier molecular flexibility index (Phi) is 2.48. The molecule has 0 spiro atoms. The van der Waals surface area contributed by atoms with E-state index >= 15 is 0 Å². The molecule has 1 aromatic heterocycles. The third kappa shape index (κ3) is 2.00. The SMILES string of the molecule is C[C@@H]1CC[C@H]1CNc1ccccn1. The van der Waals surface area contributed by atoms with Crippen LogP contribution in [-0.4, -0.2) is 11.5 Å². The summed E-state index contributed by atoms with van der Waals surface area (Å²) in [5, 5.41) is 3.37. The number of hydrogen-bond acceptors (Lipinski definition) is 2. The second-order valence-electron chi connectivity index (χ2n) is 3.91. The minimum atomic E-state index is 0.863. The molecule has 1 heterocycles. The monoisotopic (exact) mass is 176 g/mol. The summed E-state index contributed by atoms with van der Waals surface area (Å²) in [6, 6.07) is 5.97. The summed E-state index contributed by atoms with van der Waals surface area (Å²) in [5.41, 5.74) is 0. The molecule has 2 atom stereocenters. The van der Waals surface area contributed by atoms with Gasteiger partial charge in [-0.25, -0.2) is 4.98 Å². The Morgan fingerprint density at radius 3 is 2.92 bits per heavy atom. The van der Waals surface area contributed by atoms with Gasteiger partial charge in [0, 0.05) is 12.7 Å². The topological polar surface area (TPSA) is 24.9 Å². The number of nitrogens with one attached hydrogen (secondary N) is 1. The van der Waals surface area contributed by atoms with E-state index in [1.807, 2.05) is 24.4 Å². The summed E-state index contributed by atoms with van der Waals surface area (Å²) in [6.45, 7) is 3.41. The van der Waals surface area contributed by atoms with Crippen molar-refractivity contribution in [3.8, 4) is 0 Å². The van der Waals surface area contributed by atoms with Crippen LogP contribution in [0.15, 0.2) is 24.4 Å². The van der Waals surface area contributed by atoms with Crippen molar-refractivity contribution in [1.29, 1.82) is 0 Å². The molecule has 0 saturated heterocycles. The third-order valence-electron chi connectivity index (χ3n) is 3.01. The fourth-order valence-corrected chi connectivity index (χ4v) is 1.74. The highest BCUT2D eigenvalue weighted by molar-refractivity contribution is 5.33. The Morgan fingerprint density at radius 2 is 2.38 bits per heavy atom. The van der Waals surface area contributed by atoms with Crippen LogP contribution in [0.2, 0.25) is 0 Å². The Labute approximate surface area is 79.4 Å². The Bertz CT molecular complexity index is 258. The van der Waals surface area contributed by atoms with Gasteiger partial charge in [-0.2, -0.15) is 0 Å². The zero-order valence-corrected chi connectivity index (χ0v) is 8.03. The molecule has 0 aliphatic heterocycles. The molecule has 1 N–H and O–H groups in total. The van der Waals surface area contributed by atoms with E-state index in [-0.39, 0.29) is 0 Å².